The Morgan fingerprint density at radius 2 is 2.05 bits per heavy atom. The Morgan fingerprint density at radius 1 is 1.42 bits per heavy atom. The second-order valence-electron chi connectivity index (χ2n) is 4.62. The van der Waals surface area contributed by atoms with E-state index in [0.717, 1.165) is 0 Å². The van der Waals surface area contributed by atoms with Crippen LogP contribution in [0.2, 0.25) is 0 Å². The van der Waals surface area contributed by atoms with Crippen molar-refractivity contribution in [1.29, 1.82) is 0 Å². The average Bonchev–Trinajstić information content (AvgIpc) is 2.24. The third-order valence-corrected chi connectivity index (χ3v) is 4.19. The quantitative estimate of drug-likeness (QED) is 0.566. The second kappa shape index (κ2) is 6.00. The topological polar surface area (TPSA) is 118 Å². The predicted molar refractivity (Wildman–Crippen MR) is 79.7 cm³/mol. The van der Waals surface area contributed by atoms with E-state index in [1.165, 1.54) is 23.9 Å². The zero-order chi connectivity index (χ0) is 14.7. The van der Waals surface area contributed by atoms with Gasteiger partial charge in [-0.3, -0.25) is 0 Å². The van der Waals surface area contributed by atoms with Crippen molar-refractivity contribution in [1.82, 2.24) is 0 Å². The van der Waals surface area contributed by atoms with Gasteiger partial charge in [0.15, 0.2) is 0 Å². The van der Waals surface area contributed by atoms with E-state index >= 15 is 0 Å². The fourth-order valence-electron chi connectivity index (χ4n) is 1.54. The molecule has 0 fully saturated rings. The molecule has 0 saturated carbocycles. The van der Waals surface area contributed by atoms with E-state index < -0.39 is 15.6 Å². The van der Waals surface area contributed by atoms with Gasteiger partial charge in [0.1, 0.15) is 0 Å². The van der Waals surface area contributed by atoms with Crippen LogP contribution in [0.25, 0.3) is 0 Å². The predicted octanol–water partition coefficient (Wildman–Crippen LogP) is 0.442. The van der Waals surface area contributed by atoms with Gasteiger partial charge in [0.05, 0.1) is 10.5 Å². The summed E-state index contributed by atoms with van der Waals surface area (Å²) in [7, 11) is -3.80. The number of hydrogen-bond acceptors (Lipinski definition) is 6. The molecule has 0 aliphatic rings. The lowest BCUT2D eigenvalue weighted by Gasteiger charge is -2.23. The molecule has 0 radical (unpaired) electrons. The van der Waals surface area contributed by atoms with Gasteiger partial charge >= 0.3 is 0 Å². The zero-order valence-corrected chi connectivity index (χ0v) is 12.5. The van der Waals surface area contributed by atoms with Crippen LogP contribution in [0.1, 0.15) is 6.92 Å². The molecule has 0 spiro atoms. The van der Waals surface area contributed by atoms with Crippen molar-refractivity contribution >= 4 is 33.2 Å². The first-order valence-corrected chi connectivity index (χ1v) is 8.47. The van der Waals surface area contributed by atoms with Gasteiger partial charge in [0, 0.05) is 23.7 Å². The fraction of sp³-hybridized carbons (Fsp3) is 0.455. The number of nitrogens with one attached hydrogen (secondary N) is 1. The van der Waals surface area contributed by atoms with E-state index in [-0.39, 0.29) is 11.4 Å². The molecule has 6 N–H and O–H groups in total. The Labute approximate surface area is 117 Å². The highest BCUT2D eigenvalue weighted by Gasteiger charge is 2.19. The van der Waals surface area contributed by atoms with Crippen LogP contribution in [-0.2, 0) is 10.0 Å². The summed E-state index contributed by atoms with van der Waals surface area (Å²) in [5.74, 6) is 0.560. The molecule has 1 atom stereocenters. The molecular formula is C11H19N3O3S2. The molecule has 1 aromatic rings. The highest BCUT2D eigenvalue weighted by atomic mass is 32.2. The van der Waals surface area contributed by atoms with Crippen LogP contribution in [0.5, 0.6) is 0 Å². The van der Waals surface area contributed by atoms with Crippen molar-refractivity contribution in [3.05, 3.63) is 18.2 Å². The molecule has 0 saturated heterocycles. The molecule has 6 nitrogen and oxygen atoms in total. The van der Waals surface area contributed by atoms with Crippen molar-refractivity contribution in [3.63, 3.8) is 0 Å². The number of nitrogens with two attached hydrogens (primary N) is 2. The Kier molecular flexibility index (Phi) is 5.08. The summed E-state index contributed by atoms with van der Waals surface area (Å²) in [5, 5.41) is 18.0. The molecule has 108 valence electrons. The highest BCUT2D eigenvalue weighted by molar-refractivity contribution is 7.98. The average molecular weight is 305 g/mol. The molecule has 0 aliphatic heterocycles. The van der Waals surface area contributed by atoms with E-state index in [0.29, 0.717) is 17.1 Å². The third kappa shape index (κ3) is 5.27. The first kappa shape index (κ1) is 16.1. The molecule has 0 aliphatic carbocycles. The minimum absolute atomic E-state index is 0.0560. The van der Waals surface area contributed by atoms with Crippen LogP contribution >= 0.6 is 11.8 Å². The van der Waals surface area contributed by atoms with Crippen molar-refractivity contribution < 1.29 is 13.5 Å². The maximum atomic E-state index is 11.3. The minimum atomic E-state index is -3.80. The van der Waals surface area contributed by atoms with Crippen molar-refractivity contribution in [3.8, 4) is 0 Å². The largest absolute Gasteiger partial charge is 0.399 e. The van der Waals surface area contributed by atoms with E-state index in [9.17, 15) is 13.5 Å². The lowest BCUT2D eigenvalue weighted by molar-refractivity contribution is 0.0997. The molecular weight excluding hydrogens is 286 g/mol. The number of rotatable bonds is 6. The monoisotopic (exact) mass is 305 g/mol. The van der Waals surface area contributed by atoms with Gasteiger partial charge < -0.3 is 16.2 Å². The van der Waals surface area contributed by atoms with Crippen LogP contribution in [0.4, 0.5) is 11.4 Å². The molecule has 0 aromatic heterocycles. The number of hydrogen-bond donors (Lipinski definition) is 4. The lowest BCUT2D eigenvalue weighted by Crippen LogP contribution is -2.36. The number of thioether (sulfide) groups is 1. The van der Waals surface area contributed by atoms with Crippen molar-refractivity contribution in [2.45, 2.75) is 17.4 Å². The van der Waals surface area contributed by atoms with Crippen molar-refractivity contribution in [2.75, 3.05) is 29.6 Å². The molecule has 0 bridgehead atoms. The summed E-state index contributed by atoms with van der Waals surface area (Å²) in [4.78, 5) is -0.0560. The van der Waals surface area contributed by atoms with Gasteiger partial charge in [-0.05, 0) is 31.4 Å². The maximum Gasteiger partial charge on any atom is 0.238 e. The maximum absolute atomic E-state index is 11.3. The first-order valence-electron chi connectivity index (χ1n) is 5.53. The number of primary sulfonamides is 1. The number of aliphatic hydroxyl groups is 1. The van der Waals surface area contributed by atoms with Gasteiger partial charge in [-0.25, -0.2) is 13.6 Å². The van der Waals surface area contributed by atoms with Gasteiger partial charge in [-0.15, -0.1) is 0 Å². The van der Waals surface area contributed by atoms with Gasteiger partial charge in [-0.2, -0.15) is 11.8 Å². The molecule has 1 rings (SSSR count). The minimum Gasteiger partial charge on any atom is -0.399 e. The number of sulfonamides is 1. The summed E-state index contributed by atoms with van der Waals surface area (Å²) in [6.45, 7) is 1.98. The second-order valence-corrected chi connectivity index (χ2v) is 7.05. The summed E-state index contributed by atoms with van der Waals surface area (Å²) >= 11 is 1.52. The fourth-order valence-corrected chi connectivity index (χ4v) is 2.86. The smallest absolute Gasteiger partial charge is 0.238 e. The standard InChI is InChI=1S/C11H19N3O3S2/c1-11(15,7-18-2)6-14-9-3-8(12)4-10(5-9)19(13,16)17/h3-5,14-15H,6-7,12H2,1-2H3,(H2,13,16,17). The Bertz CT molecular complexity index is 544. The molecule has 0 heterocycles. The molecule has 0 amide bonds. The van der Waals surface area contributed by atoms with Crippen LogP contribution in [0, 0.1) is 0 Å². The van der Waals surface area contributed by atoms with Crippen LogP contribution in [0.15, 0.2) is 23.1 Å². The number of benzene rings is 1. The van der Waals surface area contributed by atoms with Crippen molar-refractivity contribution in [2.24, 2.45) is 5.14 Å². The van der Waals surface area contributed by atoms with Gasteiger partial charge in [0.2, 0.25) is 10.0 Å². The van der Waals surface area contributed by atoms with Crippen LogP contribution in [-0.4, -0.2) is 37.7 Å². The van der Waals surface area contributed by atoms with E-state index in [1.54, 1.807) is 13.0 Å². The van der Waals surface area contributed by atoms with Crippen LogP contribution in [0.3, 0.4) is 0 Å². The summed E-state index contributed by atoms with van der Waals surface area (Å²) in [6.07, 6.45) is 1.90. The summed E-state index contributed by atoms with van der Waals surface area (Å²) in [6, 6.07) is 4.27. The molecule has 1 aromatic carbocycles. The van der Waals surface area contributed by atoms with Crippen LogP contribution < -0.4 is 16.2 Å². The summed E-state index contributed by atoms with van der Waals surface area (Å²) < 4.78 is 22.6. The lowest BCUT2D eigenvalue weighted by atomic mass is 10.1. The van der Waals surface area contributed by atoms with E-state index in [4.69, 9.17) is 10.9 Å². The molecule has 19 heavy (non-hydrogen) atoms. The SMILES string of the molecule is CSCC(C)(O)CNc1cc(N)cc(S(N)(=O)=O)c1. The normalized spacial score (nSPS) is 14.9. The van der Waals surface area contributed by atoms with Gasteiger partial charge in [-0.1, -0.05) is 0 Å². The van der Waals surface area contributed by atoms with Gasteiger partial charge in [0.25, 0.3) is 0 Å². The Hall–Kier alpha value is -0.960. The number of anilines is 2. The number of nitrogen functional groups attached to an aromatic ring is 1. The van der Waals surface area contributed by atoms with E-state index in [1.807, 2.05) is 6.26 Å². The zero-order valence-electron chi connectivity index (χ0n) is 10.9. The Balaban J connectivity index is 2.88. The third-order valence-electron chi connectivity index (χ3n) is 2.39. The van der Waals surface area contributed by atoms with E-state index in [2.05, 4.69) is 5.32 Å². The molecule has 1 unspecified atom stereocenters. The molecule has 8 heteroatoms. The summed E-state index contributed by atoms with van der Waals surface area (Å²) in [5.41, 5.74) is 5.53. The highest BCUT2D eigenvalue weighted by Crippen LogP contribution is 2.20. The Morgan fingerprint density at radius 3 is 2.58 bits per heavy atom. The first-order chi connectivity index (χ1) is 8.64.